The molecular formula is C9H10N2Na2O5. The SMILES string of the molecule is O=C([O-])C(CCCc1cc([O-])n[nH]1)C(=O)O.[Na+].[Na+]. The van der Waals surface area contributed by atoms with E-state index in [9.17, 15) is 19.8 Å². The number of hydrogen-bond donors (Lipinski definition) is 2. The Kier molecular flexibility index (Phi) is 11.1. The minimum absolute atomic E-state index is 0. The van der Waals surface area contributed by atoms with Crippen LogP contribution >= 0.6 is 0 Å². The van der Waals surface area contributed by atoms with Crippen molar-refractivity contribution in [2.75, 3.05) is 0 Å². The molecule has 0 aliphatic heterocycles. The predicted molar refractivity (Wildman–Crippen MR) is 47.1 cm³/mol. The van der Waals surface area contributed by atoms with Crippen molar-refractivity contribution in [1.29, 1.82) is 0 Å². The Morgan fingerprint density at radius 2 is 2.06 bits per heavy atom. The van der Waals surface area contributed by atoms with Crippen molar-refractivity contribution in [3.8, 4) is 5.88 Å². The molecule has 0 fully saturated rings. The Morgan fingerprint density at radius 1 is 1.44 bits per heavy atom. The van der Waals surface area contributed by atoms with Gasteiger partial charge in [0.05, 0.1) is 11.9 Å². The van der Waals surface area contributed by atoms with Gasteiger partial charge < -0.3 is 20.1 Å². The van der Waals surface area contributed by atoms with Gasteiger partial charge in [-0.3, -0.25) is 9.89 Å². The third kappa shape index (κ3) is 6.77. The molecule has 1 rings (SSSR count). The minimum atomic E-state index is -1.60. The largest absolute Gasteiger partial charge is 1.00 e. The van der Waals surface area contributed by atoms with E-state index in [1.807, 2.05) is 0 Å². The first-order valence-corrected chi connectivity index (χ1v) is 4.65. The number of carbonyl (C=O) groups excluding carboxylic acids is 1. The van der Waals surface area contributed by atoms with Crippen molar-refractivity contribution in [2.45, 2.75) is 19.3 Å². The molecule has 7 nitrogen and oxygen atoms in total. The van der Waals surface area contributed by atoms with Crippen LogP contribution < -0.4 is 69.3 Å². The summed E-state index contributed by atoms with van der Waals surface area (Å²) in [5.41, 5.74) is 0.562. The Bertz CT molecular complexity index is 382. The van der Waals surface area contributed by atoms with Gasteiger partial charge in [0.15, 0.2) is 0 Å². The second kappa shape index (κ2) is 9.82. The monoisotopic (exact) mass is 272 g/mol. The van der Waals surface area contributed by atoms with Crippen LogP contribution in [0.4, 0.5) is 0 Å². The van der Waals surface area contributed by atoms with E-state index in [0.29, 0.717) is 18.5 Å². The van der Waals surface area contributed by atoms with Crippen molar-refractivity contribution >= 4 is 11.9 Å². The first-order chi connectivity index (χ1) is 7.50. The number of carbonyl (C=O) groups is 2. The summed E-state index contributed by atoms with van der Waals surface area (Å²) in [5, 5.41) is 35.5. The van der Waals surface area contributed by atoms with E-state index < -0.39 is 23.7 Å². The third-order valence-corrected chi connectivity index (χ3v) is 2.13. The van der Waals surface area contributed by atoms with Gasteiger partial charge in [-0.2, -0.15) is 5.10 Å². The maximum absolute atomic E-state index is 10.7. The number of H-pyrrole nitrogens is 1. The number of nitrogens with zero attached hydrogens (tertiary/aromatic N) is 1. The van der Waals surface area contributed by atoms with E-state index in [0.717, 1.165) is 0 Å². The first-order valence-electron chi connectivity index (χ1n) is 4.65. The van der Waals surface area contributed by atoms with Crippen LogP contribution in [0.5, 0.6) is 5.88 Å². The van der Waals surface area contributed by atoms with Gasteiger partial charge in [-0.05, 0) is 25.3 Å². The fraction of sp³-hybridized carbons (Fsp3) is 0.444. The molecule has 0 radical (unpaired) electrons. The van der Waals surface area contributed by atoms with Crippen molar-refractivity contribution in [2.24, 2.45) is 5.92 Å². The molecule has 2 N–H and O–H groups in total. The van der Waals surface area contributed by atoms with Crippen LogP contribution in [0.3, 0.4) is 0 Å². The summed E-state index contributed by atoms with van der Waals surface area (Å²) < 4.78 is 0. The smallest absolute Gasteiger partial charge is 0.857 e. The normalized spacial score (nSPS) is 10.9. The zero-order chi connectivity index (χ0) is 12.1. The number of aromatic amines is 1. The van der Waals surface area contributed by atoms with E-state index in [4.69, 9.17) is 5.11 Å². The van der Waals surface area contributed by atoms with Crippen LogP contribution in [0.1, 0.15) is 18.5 Å². The molecule has 18 heavy (non-hydrogen) atoms. The van der Waals surface area contributed by atoms with Crippen LogP contribution in [0.25, 0.3) is 0 Å². The second-order valence-electron chi connectivity index (χ2n) is 3.33. The van der Waals surface area contributed by atoms with Gasteiger partial charge in [0.2, 0.25) is 0 Å². The zero-order valence-electron chi connectivity index (χ0n) is 10.3. The molecule has 0 aliphatic rings. The number of carboxylic acid groups (broad SMARTS) is 2. The van der Waals surface area contributed by atoms with Crippen LogP contribution in [0.15, 0.2) is 6.07 Å². The molecule has 0 saturated carbocycles. The van der Waals surface area contributed by atoms with Gasteiger partial charge in [-0.25, -0.2) is 0 Å². The van der Waals surface area contributed by atoms with Crippen molar-refractivity contribution in [3.63, 3.8) is 0 Å². The summed E-state index contributed by atoms with van der Waals surface area (Å²) in [7, 11) is 0. The van der Waals surface area contributed by atoms with E-state index in [2.05, 4.69) is 10.2 Å². The fourth-order valence-corrected chi connectivity index (χ4v) is 1.31. The molecule has 1 heterocycles. The quantitative estimate of drug-likeness (QED) is 0.391. The summed E-state index contributed by atoms with van der Waals surface area (Å²) >= 11 is 0. The van der Waals surface area contributed by atoms with E-state index >= 15 is 0 Å². The summed E-state index contributed by atoms with van der Waals surface area (Å²) in [6.45, 7) is 0. The number of rotatable bonds is 6. The molecule has 0 bridgehead atoms. The topological polar surface area (TPSA) is 129 Å². The maximum atomic E-state index is 10.7. The molecule has 0 aromatic carbocycles. The third-order valence-electron chi connectivity index (χ3n) is 2.13. The summed E-state index contributed by atoms with van der Waals surface area (Å²) in [4.78, 5) is 20.9. The molecular weight excluding hydrogens is 262 g/mol. The fourth-order valence-electron chi connectivity index (χ4n) is 1.31. The van der Waals surface area contributed by atoms with Crippen LogP contribution in [-0.2, 0) is 16.0 Å². The van der Waals surface area contributed by atoms with E-state index in [1.54, 1.807) is 0 Å². The average molecular weight is 272 g/mol. The molecule has 0 aliphatic carbocycles. The summed E-state index contributed by atoms with van der Waals surface area (Å²) in [6.07, 6.45) is 0.670. The van der Waals surface area contributed by atoms with Gasteiger partial charge in [0.25, 0.3) is 0 Å². The minimum Gasteiger partial charge on any atom is -0.857 e. The van der Waals surface area contributed by atoms with Gasteiger partial charge in [0.1, 0.15) is 0 Å². The molecule has 1 aromatic heterocycles. The maximum Gasteiger partial charge on any atom is 1.00 e. The number of nitrogens with one attached hydrogen (secondary N) is 1. The van der Waals surface area contributed by atoms with Crippen LogP contribution in [0.2, 0.25) is 0 Å². The number of aromatic nitrogens is 2. The Balaban J connectivity index is 0. The van der Waals surface area contributed by atoms with E-state index in [-0.39, 0.29) is 65.5 Å². The van der Waals surface area contributed by atoms with Gasteiger partial charge in [-0.15, -0.1) is 0 Å². The van der Waals surface area contributed by atoms with Gasteiger partial charge in [-0.1, -0.05) is 0 Å². The molecule has 1 atom stereocenters. The van der Waals surface area contributed by atoms with E-state index in [1.165, 1.54) is 6.07 Å². The van der Waals surface area contributed by atoms with Crippen LogP contribution in [0, 0.1) is 5.92 Å². The molecule has 0 amide bonds. The predicted octanol–water partition coefficient (Wildman–Crippen LogP) is -7.74. The van der Waals surface area contributed by atoms with Gasteiger partial charge in [0, 0.05) is 11.6 Å². The number of aryl methyl sites for hydroxylation is 1. The number of aliphatic carboxylic acids is 2. The average Bonchev–Trinajstić information content (AvgIpc) is 2.57. The Labute approximate surface area is 148 Å². The number of carboxylic acids is 2. The first kappa shape index (κ1) is 20.3. The summed E-state index contributed by atoms with van der Waals surface area (Å²) in [5.74, 6) is -4.91. The molecule has 0 spiro atoms. The van der Waals surface area contributed by atoms with Crippen molar-refractivity contribution in [1.82, 2.24) is 10.2 Å². The van der Waals surface area contributed by atoms with Crippen molar-refractivity contribution in [3.05, 3.63) is 11.8 Å². The summed E-state index contributed by atoms with van der Waals surface area (Å²) in [6, 6.07) is 1.29. The Hall–Kier alpha value is -0.0500. The second-order valence-corrected chi connectivity index (χ2v) is 3.33. The zero-order valence-corrected chi connectivity index (χ0v) is 14.3. The van der Waals surface area contributed by atoms with Gasteiger partial charge >= 0.3 is 65.1 Å². The molecule has 0 saturated heterocycles. The molecule has 1 unspecified atom stereocenters. The standard InChI is InChI=1S/C9H12N2O5.2Na/c12-7-4-5(10-11-7)2-1-3-6(8(13)14)9(15)16;;/h4,6H,1-3H2,(H,13,14)(H,15,16)(H2,10,11,12);;/q;2*+1/p-2. The Morgan fingerprint density at radius 3 is 2.44 bits per heavy atom. The molecule has 1 aromatic rings. The number of hydrogen-bond acceptors (Lipinski definition) is 5. The molecule has 9 heteroatoms. The van der Waals surface area contributed by atoms with Crippen LogP contribution in [-0.4, -0.2) is 27.2 Å². The van der Waals surface area contributed by atoms with Crippen molar-refractivity contribution < 1.29 is 84.0 Å². The molecule has 88 valence electrons.